The van der Waals surface area contributed by atoms with Gasteiger partial charge in [0, 0.05) is 13.0 Å². The van der Waals surface area contributed by atoms with Crippen molar-refractivity contribution in [2.24, 2.45) is 5.92 Å². The summed E-state index contributed by atoms with van der Waals surface area (Å²) in [5.41, 5.74) is 4.61. The fraction of sp³-hybridized carbons (Fsp3) is 0.455. The average molecular weight is 161 g/mol. The monoisotopic (exact) mass is 161 g/mol. The Bertz CT molecular complexity index is 351. The number of rotatable bonds is 0. The van der Waals surface area contributed by atoms with Crippen molar-refractivity contribution in [2.45, 2.75) is 25.8 Å². The predicted molar refractivity (Wildman–Crippen MR) is 51.7 cm³/mol. The molecule has 0 aromatic carbocycles. The lowest BCUT2D eigenvalue weighted by Crippen LogP contribution is -2.28. The Morgan fingerprint density at radius 1 is 1.50 bits per heavy atom. The van der Waals surface area contributed by atoms with Gasteiger partial charge in [0.1, 0.15) is 0 Å². The first kappa shape index (κ1) is 6.53. The minimum absolute atomic E-state index is 0. The largest absolute Gasteiger partial charge is 0.378 e. The second-order valence-electron chi connectivity index (χ2n) is 4.24. The Labute approximate surface area is 74.3 Å². The topological polar surface area (TPSA) is 12.0 Å². The third-order valence-electron chi connectivity index (χ3n) is 3.17. The summed E-state index contributed by atoms with van der Waals surface area (Å²) in [6.45, 7) is 4.34. The number of hydrogen-bond acceptors (Lipinski definition) is 1. The number of hydrogen-bond donors (Lipinski definition) is 1. The Hall–Kier alpha value is -0.980. The van der Waals surface area contributed by atoms with E-state index in [1.807, 2.05) is 0 Å². The van der Waals surface area contributed by atoms with E-state index in [4.69, 9.17) is 0 Å². The van der Waals surface area contributed by atoms with E-state index >= 15 is 0 Å². The Balaban J connectivity index is 0.000000653. The van der Waals surface area contributed by atoms with Gasteiger partial charge in [-0.25, -0.2) is 0 Å². The van der Waals surface area contributed by atoms with Crippen LogP contribution in [-0.2, 0) is 0 Å². The van der Waals surface area contributed by atoms with Gasteiger partial charge in [-0.2, -0.15) is 0 Å². The normalized spacial score (nSPS) is 41.8. The Morgan fingerprint density at radius 3 is 3.17 bits per heavy atom. The van der Waals surface area contributed by atoms with E-state index in [0.717, 1.165) is 5.92 Å². The highest BCUT2D eigenvalue weighted by atomic mass is 15.1. The van der Waals surface area contributed by atoms with Gasteiger partial charge < -0.3 is 5.32 Å². The third kappa shape index (κ3) is 0.603. The maximum Gasteiger partial charge on any atom is 0.0693 e. The highest BCUT2D eigenvalue weighted by Gasteiger charge is 2.58. The Kier molecular flexibility index (Phi) is 0.914. The molecule has 3 rings (SSSR count). The van der Waals surface area contributed by atoms with E-state index in [1.165, 1.54) is 23.3 Å². The van der Waals surface area contributed by atoms with Crippen LogP contribution in [0.1, 0.15) is 21.7 Å². The molecule has 0 aromatic heterocycles. The molecule has 0 saturated heterocycles. The predicted octanol–water partition coefficient (Wildman–Crippen LogP) is 2.38. The summed E-state index contributed by atoms with van der Waals surface area (Å²) in [5.74, 6) is 0.770. The summed E-state index contributed by atoms with van der Waals surface area (Å²) in [6, 6.07) is 0. The van der Waals surface area contributed by atoms with Crippen LogP contribution in [0.15, 0.2) is 35.1 Å². The second-order valence-corrected chi connectivity index (χ2v) is 4.24. The summed E-state index contributed by atoms with van der Waals surface area (Å²) < 4.78 is 0. The van der Waals surface area contributed by atoms with Crippen LogP contribution < -0.4 is 5.32 Å². The molecule has 1 nitrogen and oxygen atoms in total. The number of nitrogens with one attached hydrogen (secondary N) is 1. The molecule has 1 saturated carbocycles. The summed E-state index contributed by atoms with van der Waals surface area (Å²) >= 11 is 0. The fourth-order valence-corrected chi connectivity index (χ4v) is 2.57. The summed E-state index contributed by atoms with van der Waals surface area (Å²) in [7, 11) is 0. The zero-order valence-electron chi connectivity index (χ0n) is 7.52. The molecule has 1 spiro atoms. The second kappa shape index (κ2) is 1.68. The van der Waals surface area contributed by atoms with Crippen LogP contribution in [0.3, 0.4) is 0 Å². The van der Waals surface area contributed by atoms with Gasteiger partial charge in [0.05, 0.1) is 5.54 Å². The van der Waals surface area contributed by atoms with Gasteiger partial charge >= 0.3 is 0 Å². The molecule has 0 aromatic rings. The van der Waals surface area contributed by atoms with Crippen molar-refractivity contribution in [3.63, 3.8) is 0 Å². The van der Waals surface area contributed by atoms with Crippen molar-refractivity contribution in [1.29, 1.82) is 0 Å². The zero-order chi connectivity index (χ0) is 8.34. The first-order valence-electron chi connectivity index (χ1n) is 4.58. The van der Waals surface area contributed by atoms with Gasteiger partial charge in [-0.05, 0) is 31.9 Å². The molecule has 1 heteroatoms. The lowest BCUT2D eigenvalue weighted by Gasteiger charge is -2.17. The molecule has 1 N–H and O–H groups in total. The molecule has 2 unspecified atom stereocenters. The smallest absolute Gasteiger partial charge is 0.0693 e. The van der Waals surface area contributed by atoms with Crippen LogP contribution in [0.25, 0.3) is 0 Å². The highest BCUT2D eigenvalue weighted by molar-refractivity contribution is 5.55. The van der Waals surface area contributed by atoms with Gasteiger partial charge in [-0.3, -0.25) is 0 Å². The summed E-state index contributed by atoms with van der Waals surface area (Å²) in [4.78, 5) is 0. The van der Waals surface area contributed by atoms with E-state index in [1.54, 1.807) is 0 Å². The summed E-state index contributed by atoms with van der Waals surface area (Å²) in [6.07, 6.45) is 8.29. The molecule has 2 atom stereocenters. The Morgan fingerprint density at radius 2 is 2.33 bits per heavy atom. The van der Waals surface area contributed by atoms with Crippen molar-refractivity contribution in [3.05, 3.63) is 35.1 Å². The van der Waals surface area contributed by atoms with Crippen molar-refractivity contribution < 1.29 is 1.43 Å². The van der Waals surface area contributed by atoms with Gasteiger partial charge in [-0.15, -0.1) is 0 Å². The SMILES string of the molecule is CC1=CC2CC23NC(C)=CC3=C1.[HH]. The van der Waals surface area contributed by atoms with Crippen molar-refractivity contribution in [2.75, 3.05) is 0 Å². The zero-order valence-corrected chi connectivity index (χ0v) is 7.52. The van der Waals surface area contributed by atoms with Gasteiger partial charge in [0.15, 0.2) is 0 Å². The highest BCUT2D eigenvalue weighted by Crippen LogP contribution is 2.56. The van der Waals surface area contributed by atoms with Crippen LogP contribution in [0.5, 0.6) is 0 Å². The first-order valence-corrected chi connectivity index (χ1v) is 4.58. The van der Waals surface area contributed by atoms with E-state index in [2.05, 4.69) is 37.4 Å². The van der Waals surface area contributed by atoms with E-state index in [0.29, 0.717) is 5.54 Å². The lowest BCUT2D eigenvalue weighted by atomic mass is 9.97. The standard InChI is InChI=1S/C11H13N.H2/c1-7-3-9-5-8(2)12-11(9)6-10(11)4-7;/h3-5,10,12H,6H2,1-2H3;1H. The molecule has 1 fully saturated rings. The van der Waals surface area contributed by atoms with E-state index in [9.17, 15) is 0 Å². The van der Waals surface area contributed by atoms with Gasteiger partial charge in [0.2, 0.25) is 0 Å². The molecule has 2 aliphatic carbocycles. The molecule has 12 heavy (non-hydrogen) atoms. The van der Waals surface area contributed by atoms with Crippen LogP contribution in [-0.4, -0.2) is 5.54 Å². The molecular formula is C11H15N. The van der Waals surface area contributed by atoms with Crippen molar-refractivity contribution >= 4 is 0 Å². The van der Waals surface area contributed by atoms with Crippen LogP contribution in [0, 0.1) is 5.92 Å². The molecular weight excluding hydrogens is 146 g/mol. The van der Waals surface area contributed by atoms with Gasteiger partial charge in [0.25, 0.3) is 0 Å². The molecule has 0 radical (unpaired) electrons. The quantitative estimate of drug-likeness (QED) is 0.575. The molecule has 1 aliphatic heterocycles. The van der Waals surface area contributed by atoms with Crippen LogP contribution in [0.2, 0.25) is 0 Å². The van der Waals surface area contributed by atoms with Crippen molar-refractivity contribution in [1.82, 2.24) is 5.32 Å². The first-order chi connectivity index (χ1) is 5.71. The van der Waals surface area contributed by atoms with Gasteiger partial charge in [-0.1, -0.05) is 17.7 Å². The minimum atomic E-state index is 0. The molecule has 64 valence electrons. The summed E-state index contributed by atoms with van der Waals surface area (Å²) in [5, 5.41) is 3.58. The molecule has 0 amide bonds. The van der Waals surface area contributed by atoms with Crippen LogP contribution in [0.4, 0.5) is 0 Å². The lowest BCUT2D eigenvalue weighted by molar-refractivity contribution is 0.645. The molecule has 3 aliphatic rings. The van der Waals surface area contributed by atoms with Crippen molar-refractivity contribution in [3.8, 4) is 0 Å². The van der Waals surface area contributed by atoms with Crippen LogP contribution >= 0.6 is 0 Å². The average Bonchev–Trinajstić information content (AvgIpc) is 2.53. The number of allylic oxidation sites excluding steroid dienone is 3. The van der Waals surface area contributed by atoms with E-state index in [-0.39, 0.29) is 1.43 Å². The maximum atomic E-state index is 3.58. The fourth-order valence-electron chi connectivity index (χ4n) is 2.57. The molecule has 1 heterocycles. The molecule has 0 bridgehead atoms. The third-order valence-corrected chi connectivity index (χ3v) is 3.17. The minimum Gasteiger partial charge on any atom is -0.378 e. The maximum absolute atomic E-state index is 3.58. The van der Waals surface area contributed by atoms with E-state index < -0.39 is 0 Å².